The standard InChI is InChI=1S/C11H14BrNO5/c1-16-6-4-5(8(13)11(14)15)7(12)10(18-3)9(6)17-2/h4,8H,13H2,1-3H3,(H,14,15). The summed E-state index contributed by atoms with van der Waals surface area (Å²) in [6.07, 6.45) is 0. The summed E-state index contributed by atoms with van der Waals surface area (Å²) in [5.41, 5.74) is 5.94. The summed E-state index contributed by atoms with van der Waals surface area (Å²) in [5, 5.41) is 8.95. The van der Waals surface area contributed by atoms with Crippen molar-refractivity contribution in [2.24, 2.45) is 5.73 Å². The quantitative estimate of drug-likeness (QED) is 0.855. The zero-order valence-electron chi connectivity index (χ0n) is 10.2. The molecule has 0 amide bonds. The van der Waals surface area contributed by atoms with Crippen molar-refractivity contribution in [2.75, 3.05) is 21.3 Å². The average molecular weight is 320 g/mol. The van der Waals surface area contributed by atoms with Gasteiger partial charge in [0.25, 0.3) is 0 Å². The van der Waals surface area contributed by atoms with E-state index in [9.17, 15) is 4.79 Å². The van der Waals surface area contributed by atoms with Crippen LogP contribution in [0.3, 0.4) is 0 Å². The number of carboxylic acids is 1. The van der Waals surface area contributed by atoms with Gasteiger partial charge in [0.05, 0.1) is 25.8 Å². The number of aliphatic carboxylic acids is 1. The van der Waals surface area contributed by atoms with Crippen LogP contribution in [0.4, 0.5) is 0 Å². The van der Waals surface area contributed by atoms with E-state index in [1.165, 1.54) is 27.4 Å². The molecule has 0 fully saturated rings. The smallest absolute Gasteiger partial charge is 0.325 e. The first-order valence-corrected chi connectivity index (χ1v) is 5.73. The fourth-order valence-electron chi connectivity index (χ4n) is 1.50. The molecule has 0 aliphatic carbocycles. The molecule has 0 radical (unpaired) electrons. The minimum absolute atomic E-state index is 0.337. The van der Waals surface area contributed by atoms with Crippen LogP contribution in [0.1, 0.15) is 11.6 Å². The van der Waals surface area contributed by atoms with Crippen LogP contribution in [0.15, 0.2) is 10.5 Å². The highest BCUT2D eigenvalue weighted by atomic mass is 79.9. The molecule has 1 aromatic rings. The van der Waals surface area contributed by atoms with Crippen LogP contribution in [-0.4, -0.2) is 32.4 Å². The first-order chi connectivity index (χ1) is 8.47. The SMILES string of the molecule is COc1cc(C(N)C(=O)O)c(Br)c(OC)c1OC. The molecule has 18 heavy (non-hydrogen) atoms. The van der Waals surface area contributed by atoms with Gasteiger partial charge in [0.2, 0.25) is 5.75 Å². The molecule has 1 aromatic carbocycles. The summed E-state index contributed by atoms with van der Waals surface area (Å²) in [4.78, 5) is 10.9. The number of ether oxygens (including phenoxy) is 3. The highest BCUT2D eigenvalue weighted by Crippen LogP contribution is 2.46. The molecular formula is C11H14BrNO5. The number of carbonyl (C=O) groups is 1. The highest BCUT2D eigenvalue weighted by Gasteiger charge is 2.25. The molecule has 1 atom stereocenters. The minimum Gasteiger partial charge on any atom is -0.493 e. The van der Waals surface area contributed by atoms with Crippen molar-refractivity contribution in [1.29, 1.82) is 0 Å². The number of methoxy groups -OCH3 is 3. The monoisotopic (exact) mass is 319 g/mol. The first-order valence-electron chi connectivity index (χ1n) is 4.94. The maximum atomic E-state index is 10.9. The zero-order chi connectivity index (χ0) is 13.9. The number of hydrogen-bond donors (Lipinski definition) is 2. The number of nitrogens with two attached hydrogens (primary N) is 1. The Bertz CT molecular complexity index is 463. The Morgan fingerprint density at radius 1 is 1.28 bits per heavy atom. The number of hydrogen-bond acceptors (Lipinski definition) is 5. The van der Waals surface area contributed by atoms with E-state index < -0.39 is 12.0 Å². The van der Waals surface area contributed by atoms with E-state index in [4.69, 9.17) is 25.1 Å². The van der Waals surface area contributed by atoms with Crippen molar-refractivity contribution in [3.63, 3.8) is 0 Å². The average Bonchev–Trinajstić information content (AvgIpc) is 2.36. The second-order valence-corrected chi connectivity index (χ2v) is 4.16. The lowest BCUT2D eigenvalue weighted by Gasteiger charge is -2.18. The van der Waals surface area contributed by atoms with Crippen molar-refractivity contribution < 1.29 is 24.1 Å². The Hall–Kier alpha value is -1.47. The van der Waals surface area contributed by atoms with Gasteiger partial charge in [-0.15, -0.1) is 0 Å². The number of rotatable bonds is 5. The summed E-state index contributed by atoms with van der Waals surface area (Å²) in [5.74, 6) is -0.0917. The number of halogens is 1. The molecule has 1 rings (SSSR count). The van der Waals surface area contributed by atoms with Crippen LogP contribution in [-0.2, 0) is 4.79 Å². The summed E-state index contributed by atoms with van der Waals surface area (Å²) in [6.45, 7) is 0. The molecule has 7 heteroatoms. The molecule has 0 saturated carbocycles. The third kappa shape index (κ3) is 2.51. The summed E-state index contributed by atoms with van der Waals surface area (Å²) < 4.78 is 15.9. The van der Waals surface area contributed by atoms with E-state index in [0.717, 1.165) is 0 Å². The zero-order valence-corrected chi connectivity index (χ0v) is 11.8. The molecule has 0 aromatic heterocycles. The van der Waals surface area contributed by atoms with Gasteiger partial charge in [0, 0.05) is 5.56 Å². The van der Waals surface area contributed by atoms with Gasteiger partial charge in [-0.05, 0) is 22.0 Å². The van der Waals surface area contributed by atoms with Crippen molar-refractivity contribution in [2.45, 2.75) is 6.04 Å². The molecule has 3 N–H and O–H groups in total. The molecular weight excluding hydrogens is 306 g/mol. The Labute approximate surface area is 113 Å². The molecule has 100 valence electrons. The van der Waals surface area contributed by atoms with Gasteiger partial charge in [-0.2, -0.15) is 0 Å². The Morgan fingerprint density at radius 2 is 1.83 bits per heavy atom. The molecule has 0 aliphatic heterocycles. The van der Waals surface area contributed by atoms with Crippen LogP contribution in [0.2, 0.25) is 0 Å². The number of carboxylic acid groups (broad SMARTS) is 1. The molecule has 0 heterocycles. The summed E-state index contributed by atoms with van der Waals surface area (Å²) in [7, 11) is 4.35. The molecule has 0 aliphatic rings. The van der Waals surface area contributed by atoms with Crippen LogP contribution in [0, 0.1) is 0 Å². The predicted molar refractivity (Wildman–Crippen MR) is 68.4 cm³/mol. The predicted octanol–water partition coefficient (Wildman–Crippen LogP) is 1.56. The van der Waals surface area contributed by atoms with Gasteiger partial charge in [0.15, 0.2) is 11.5 Å². The fourth-order valence-corrected chi connectivity index (χ4v) is 2.20. The van der Waals surface area contributed by atoms with Crippen molar-refractivity contribution in [1.82, 2.24) is 0 Å². The van der Waals surface area contributed by atoms with Crippen LogP contribution >= 0.6 is 15.9 Å². The second kappa shape index (κ2) is 5.92. The fraction of sp³-hybridized carbons (Fsp3) is 0.364. The van der Waals surface area contributed by atoms with Gasteiger partial charge < -0.3 is 25.1 Å². The Kier molecular flexibility index (Phi) is 4.80. The molecule has 0 bridgehead atoms. The lowest BCUT2D eigenvalue weighted by Crippen LogP contribution is -2.21. The maximum Gasteiger partial charge on any atom is 0.325 e. The van der Waals surface area contributed by atoms with Crippen molar-refractivity contribution in [3.05, 3.63) is 16.1 Å². The highest BCUT2D eigenvalue weighted by molar-refractivity contribution is 9.10. The summed E-state index contributed by atoms with van der Waals surface area (Å²) >= 11 is 3.26. The van der Waals surface area contributed by atoms with Crippen LogP contribution in [0.25, 0.3) is 0 Å². The lowest BCUT2D eigenvalue weighted by molar-refractivity contribution is -0.138. The van der Waals surface area contributed by atoms with Gasteiger partial charge >= 0.3 is 5.97 Å². The normalized spacial score (nSPS) is 11.8. The van der Waals surface area contributed by atoms with Gasteiger partial charge in [0.1, 0.15) is 6.04 Å². The number of benzene rings is 1. The second-order valence-electron chi connectivity index (χ2n) is 3.36. The Morgan fingerprint density at radius 3 is 2.22 bits per heavy atom. The van der Waals surface area contributed by atoms with E-state index >= 15 is 0 Å². The topological polar surface area (TPSA) is 91.0 Å². The van der Waals surface area contributed by atoms with Gasteiger partial charge in [-0.1, -0.05) is 0 Å². The molecule has 0 spiro atoms. The third-order valence-corrected chi connectivity index (χ3v) is 3.22. The first kappa shape index (κ1) is 14.6. The van der Waals surface area contributed by atoms with Gasteiger partial charge in [-0.25, -0.2) is 0 Å². The largest absolute Gasteiger partial charge is 0.493 e. The molecule has 6 nitrogen and oxygen atoms in total. The van der Waals surface area contributed by atoms with E-state index in [1.807, 2.05) is 0 Å². The van der Waals surface area contributed by atoms with E-state index in [1.54, 1.807) is 0 Å². The maximum absolute atomic E-state index is 10.9. The molecule has 0 saturated heterocycles. The van der Waals surface area contributed by atoms with E-state index in [2.05, 4.69) is 15.9 Å². The van der Waals surface area contributed by atoms with Crippen LogP contribution < -0.4 is 19.9 Å². The van der Waals surface area contributed by atoms with E-state index in [0.29, 0.717) is 27.3 Å². The van der Waals surface area contributed by atoms with Crippen molar-refractivity contribution in [3.8, 4) is 17.2 Å². The van der Waals surface area contributed by atoms with E-state index in [-0.39, 0.29) is 0 Å². The van der Waals surface area contributed by atoms with Crippen LogP contribution in [0.5, 0.6) is 17.2 Å². The van der Waals surface area contributed by atoms with Crippen molar-refractivity contribution >= 4 is 21.9 Å². The lowest BCUT2D eigenvalue weighted by atomic mass is 10.1. The Balaban J connectivity index is 3.51. The summed E-state index contributed by atoms with van der Waals surface area (Å²) in [6, 6.07) is 0.317. The van der Waals surface area contributed by atoms with Gasteiger partial charge in [-0.3, -0.25) is 4.79 Å². The third-order valence-electron chi connectivity index (χ3n) is 2.40. The minimum atomic E-state index is -1.19. The molecule has 1 unspecified atom stereocenters.